The van der Waals surface area contributed by atoms with Gasteiger partial charge in [-0.3, -0.25) is 10.1 Å². The zero-order valence-corrected chi connectivity index (χ0v) is 12.1. The fourth-order valence-corrected chi connectivity index (χ4v) is 1.91. The van der Waals surface area contributed by atoms with Crippen LogP contribution in [0.2, 0.25) is 0 Å². The number of benzene rings is 2. The first-order chi connectivity index (χ1) is 11.1. The molecule has 0 aliphatic heterocycles. The Labute approximate surface area is 132 Å². The average molecular weight is 317 g/mol. The molecule has 1 unspecified atom stereocenters. The third kappa shape index (κ3) is 4.79. The van der Waals surface area contributed by atoms with Crippen LogP contribution in [-0.4, -0.2) is 29.2 Å². The van der Waals surface area contributed by atoms with Crippen LogP contribution >= 0.6 is 0 Å². The summed E-state index contributed by atoms with van der Waals surface area (Å²) in [6.07, 6.45) is -1.43. The second-order valence-corrected chi connectivity index (χ2v) is 4.61. The maximum atomic E-state index is 11.7. The molecule has 0 spiro atoms. The molecule has 7 heteroatoms. The van der Waals surface area contributed by atoms with Gasteiger partial charge in [0.05, 0.1) is 22.7 Å². The molecule has 0 aliphatic rings. The molecule has 0 aromatic heterocycles. The van der Waals surface area contributed by atoms with Crippen LogP contribution in [0.5, 0.6) is 5.75 Å². The number of phenols is 1. The molecule has 2 rings (SSSR count). The van der Waals surface area contributed by atoms with E-state index in [9.17, 15) is 20.0 Å². The predicted octanol–water partition coefficient (Wildman–Crippen LogP) is 2.54. The van der Waals surface area contributed by atoms with Gasteiger partial charge in [0.15, 0.2) is 0 Å². The van der Waals surface area contributed by atoms with Gasteiger partial charge >= 0.3 is 12.2 Å². The van der Waals surface area contributed by atoms with E-state index < -0.39 is 17.1 Å². The summed E-state index contributed by atoms with van der Waals surface area (Å²) in [4.78, 5) is 22.1. The van der Waals surface area contributed by atoms with Gasteiger partial charge in [-0.05, 0) is 30.3 Å². The summed E-state index contributed by atoms with van der Waals surface area (Å²) in [5, 5.41) is 20.4. The van der Waals surface area contributed by atoms with E-state index in [1.807, 2.05) is 0 Å². The minimum Gasteiger partial charge on any atom is -0.508 e. The maximum Gasteiger partial charge on any atom is 0.342 e. The maximum absolute atomic E-state index is 11.7. The van der Waals surface area contributed by atoms with E-state index in [1.165, 1.54) is 24.3 Å². The summed E-state index contributed by atoms with van der Waals surface area (Å²) < 4.78 is 10.1. The van der Waals surface area contributed by atoms with E-state index in [0.29, 0.717) is 5.56 Å². The van der Waals surface area contributed by atoms with E-state index in [1.54, 1.807) is 30.3 Å². The van der Waals surface area contributed by atoms with Crippen molar-refractivity contribution in [2.45, 2.75) is 6.23 Å². The van der Waals surface area contributed by atoms with Crippen molar-refractivity contribution in [3.63, 3.8) is 0 Å². The number of carbonyl (C=O) groups excluding carboxylic acids is 1. The van der Waals surface area contributed by atoms with Gasteiger partial charge in [-0.25, -0.2) is 4.79 Å². The Bertz CT molecular complexity index is 673. The van der Waals surface area contributed by atoms with Crippen LogP contribution < -0.4 is 0 Å². The number of hydrogen-bond acceptors (Lipinski definition) is 6. The highest BCUT2D eigenvalue weighted by molar-refractivity contribution is 5.89. The highest BCUT2D eigenvalue weighted by Crippen LogP contribution is 2.21. The summed E-state index contributed by atoms with van der Waals surface area (Å²) >= 11 is 0. The van der Waals surface area contributed by atoms with Gasteiger partial charge in [-0.2, -0.15) is 0 Å². The molecule has 0 bridgehead atoms. The van der Waals surface area contributed by atoms with Crippen molar-refractivity contribution in [1.82, 2.24) is 0 Å². The molecule has 23 heavy (non-hydrogen) atoms. The van der Waals surface area contributed by atoms with Gasteiger partial charge < -0.3 is 14.6 Å². The fraction of sp³-hybridized carbons (Fsp3) is 0.188. The molecular weight excluding hydrogens is 302 g/mol. The van der Waals surface area contributed by atoms with E-state index >= 15 is 0 Å². The van der Waals surface area contributed by atoms with Crippen LogP contribution in [0.1, 0.15) is 22.1 Å². The lowest BCUT2D eigenvalue weighted by molar-refractivity contribution is -0.584. The lowest BCUT2D eigenvalue weighted by Gasteiger charge is -2.11. The minimum atomic E-state index is -1.43. The zero-order valence-electron chi connectivity index (χ0n) is 12.1. The molecule has 7 nitrogen and oxygen atoms in total. The lowest BCUT2D eigenvalue weighted by atomic mass is 10.2. The smallest absolute Gasteiger partial charge is 0.342 e. The monoisotopic (exact) mass is 317 g/mol. The Hall–Kier alpha value is -2.93. The van der Waals surface area contributed by atoms with Crippen molar-refractivity contribution >= 4 is 5.97 Å². The van der Waals surface area contributed by atoms with Gasteiger partial charge in [-0.1, -0.05) is 24.3 Å². The van der Waals surface area contributed by atoms with Gasteiger partial charge in [0.1, 0.15) is 12.4 Å². The summed E-state index contributed by atoms with van der Waals surface area (Å²) in [5.41, 5.74) is 0.607. The summed E-state index contributed by atoms with van der Waals surface area (Å²) in [7, 11) is 0. The number of nitrogens with zero attached hydrogens (tertiary/aromatic N) is 1. The zero-order chi connectivity index (χ0) is 16.7. The second kappa shape index (κ2) is 7.90. The van der Waals surface area contributed by atoms with E-state index in [0.717, 1.165) is 0 Å². The number of hydrogen-bond donors (Lipinski definition) is 1. The van der Waals surface area contributed by atoms with Crippen LogP contribution in [-0.2, 0) is 9.47 Å². The predicted molar refractivity (Wildman–Crippen MR) is 80.5 cm³/mol. The number of phenolic OH excluding ortho intramolecular Hbond substituents is 1. The third-order valence-corrected chi connectivity index (χ3v) is 2.95. The normalized spacial score (nSPS) is 11.7. The first-order valence-corrected chi connectivity index (χ1v) is 6.84. The SMILES string of the molecule is O=C(OCCOC(c1cccc(O)c1)[N+](=O)[O-])c1ccccc1. The molecule has 0 saturated carbocycles. The van der Waals surface area contributed by atoms with Crippen molar-refractivity contribution in [2.24, 2.45) is 0 Å². The number of rotatable bonds is 7. The molecule has 0 heterocycles. The van der Waals surface area contributed by atoms with Gasteiger partial charge in [0.2, 0.25) is 0 Å². The number of esters is 1. The summed E-state index contributed by atoms with van der Waals surface area (Å²) in [5.74, 6) is -0.613. The minimum absolute atomic E-state index is 0.0894. The van der Waals surface area contributed by atoms with Crippen molar-refractivity contribution < 1.29 is 24.3 Å². The Kier molecular flexibility index (Phi) is 5.65. The van der Waals surface area contributed by atoms with Crippen molar-refractivity contribution in [2.75, 3.05) is 13.2 Å². The van der Waals surface area contributed by atoms with Gasteiger partial charge in [0, 0.05) is 0 Å². The standard InChI is InChI=1S/C16H15NO6/c18-14-8-4-7-13(11-14)15(17(20)21)22-9-10-23-16(19)12-5-2-1-3-6-12/h1-8,11,15,18H,9-10H2. The third-order valence-electron chi connectivity index (χ3n) is 2.95. The topological polar surface area (TPSA) is 98.9 Å². The molecule has 0 saturated heterocycles. The van der Waals surface area contributed by atoms with Crippen molar-refractivity contribution in [3.05, 3.63) is 75.8 Å². The van der Waals surface area contributed by atoms with Gasteiger partial charge in [0.25, 0.3) is 0 Å². The van der Waals surface area contributed by atoms with Crippen LogP contribution in [0, 0.1) is 10.1 Å². The molecule has 2 aromatic carbocycles. The summed E-state index contributed by atoms with van der Waals surface area (Å²) in [6.45, 7) is -0.253. The molecule has 1 atom stereocenters. The summed E-state index contributed by atoms with van der Waals surface area (Å²) in [6, 6.07) is 14.0. The molecule has 1 N–H and O–H groups in total. The lowest BCUT2D eigenvalue weighted by Crippen LogP contribution is -2.18. The van der Waals surface area contributed by atoms with Crippen molar-refractivity contribution in [3.8, 4) is 5.75 Å². The van der Waals surface area contributed by atoms with E-state index in [4.69, 9.17) is 9.47 Å². The van der Waals surface area contributed by atoms with Crippen LogP contribution in [0.3, 0.4) is 0 Å². The largest absolute Gasteiger partial charge is 0.508 e. The first kappa shape index (κ1) is 16.4. The molecular formula is C16H15NO6. The molecule has 0 fully saturated rings. The van der Waals surface area contributed by atoms with Crippen molar-refractivity contribution in [1.29, 1.82) is 0 Å². The Morgan fingerprint density at radius 1 is 1.13 bits per heavy atom. The molecule has 120 valence electrons. The molecule has 0 radical (unpaired) electrons. The van der Waals surface area contributed by atoms with Crippen LogP contribution in [0.15, 0.2) is 54.6 Å². The number of nitro groups is 1. The second-order valence-electron chi connectivity index (χ2n) is 4.61. The van der Waals surface area contributed by atoms with E-state index in [-0.39, 0.29) is 24.5 Å². The Morgan fingerprint density at radius 2 is 1.87 bits per heavy atom. The first-order valence-electron chi connectivity index (χ1n) is 6.84. The van der Waals surface area contributed by atoms with Crippen LogP contribution in [0.25, 0.3) is 0 Å². The highest BCUT2D eigenvalue weighted by atomic mass is 16.7. The number of carbonyl (C=O) groups is 1. The Morgan fingerprint density at radius 3 is 2.52 bits per heavy atom. The highest BCUT2D eigenvalue weighted by Gasteiger charge is 2.23. The molecule has 2 aromatic rings. The Balaban J connectivity index is 1.86. The quantitative estimate of drug-likeness (QED) is 0.277. The van der Waals surface area contributed by atoms with Crippen LogP contribution in [0.4, 0.5) is 0 Å². The number of ether oxygens (including phenoxy) is 2. The molecule has 0 aliphatic carbocycles. The fourth-order valence-electron chi connectivity index (χ4n) is 1.91. The van der Waals surface area contributed by atoms with Gasteiger partial charge in [-0.15, -0.1) is 0 Å². The molecule has 0 amide bonds. The number of aromatic hydroxyl groups is 1. The van der Waals surface area contributed by atoms with E-state index in [2.05, 4.69) is 0 Å². The average Bonchev–Trinajstić information content (AvgIpc) is 2.55.